The van der Waals surface area contributed by atoms with E-state index < -0.39 is 11.9 Å². The number of fused-ring (bicyclic) bond motifs is 1. The van der Waals surface area contributed by atoms with E-state index in [0.29, 0.717) is 18.5 Å². The van der Waals surface area contributed by atoms with Crippen molar-refractivity contribution in [2.75, 3.05) is 5.43 Å². The van der Waals surface area contributed by atoms with Crippen molar-refractivity contribution in [3.63, 3.8) is 0 Å². The first-order chi connectivity index (χ1) is 8.02. The summed E-state index contributed by atoms with van der Waals surface area (Å²) in [4.78, 5) is 7.46. The standard InChI is InChI=1S/C10H13F3N4/c11-10(12,13)8-6-4-2-1-3-5-7(6)15-9(16-8)17-14/h1-5,14H2,(H,15,16,17). The number of nitrogens with zero attached hydrogens (tertiary/aromatic N) is 2. The number of anilines is 1. The number of hydrogen-bond donors (Lipinski definition) is 2. The van der Waals surface area contributed by atoms with E-state index in [-0.39, 0.29) is 11.5 Å². The average Bonchev–Trinajstić information content (AvgIpc) is 2.50. The Bertz CT molecular complexity index is 417. The Morgan fingerprint density at radius 3 is 2.41 bits per heavy atom. The Labute approximate surface area is 96.4 Å². The van der Waals surface area contributed by atoms with Gasteiger partial charge in [-0.15, -0.1) is 0 Å². The van der Waals surface area contributed by atoms with Crippen molar-refractivity contribution in [2.45, 2.75) is 38.3 Å². The summed E-state index contributed by atoms with van der Waals surface area (Å²) in [6, 6.07) is 0. The highest BCUT2D eigenvalue weighted by Crippen LogP contribution is 2.34. The van der Waals surface area contributed by atoms with Crippen molar-refractivity contribution in [3.05, 3.63) is 17.0 Å². The van der Waals surface area contributed by atoms with Gasteiger partial charge in [0, 0.05) is 11.3 Å². The van der Waals surface area contributed by atoms with Gasteiger partial charge in [-0.05, 0) is 25.7 Å². The van der Waals surface area contributed by atoms with E-state index in [1.54, 1.807) is 0 Å². The molecule has 94 valence electrons. The predicted molar refractivity (Wildman–Crippen MR) is 56.1 cm³/mol. The Balaban J connectivity index is 2.55. The van der Waals surface area contributed by atoms with Crippen LogP contribution in [0.5, 0.6) is 0 Å². The molecule has 3 N–H and O–H groups in total. The highest BCUT2D eigenvalue weighted by Gasteiger charge is 2.37. The molecule has 0 atom stereocenters. The molecule has 1 heterocycles. The summed E-state index contributed by atoms with van der Waals surface area (Å²) in [6.45, 7) is 0. The number of hydrazine groups is 1. The predicted octanol–water partition coefficient (Wildman–Crippen LogP) is 2.05. The lowest BCUT2D eigenvalue weighted by Gasteiger charge is -2.14. The van der Waals surface area contributed by atoms with Gasteiger partial charge >= 0.3 is 6.18 Å². The normalized spacial score (nSPS) is 16.2. The molecule has 0 aliphatic heterocycles. The number of aromatic nitrogens is 2. The zero-order valence-electron chi connectivity index (χ0n) is 9.14. The van der Waals surface area contributed by atoms with Crippen molar-refractivity contribution >= 4 is 5.95 Å². The molecule has 0 aromatic carbocycles. The zero-order valence-corrected chi connectivity index (χ0v) is 9.14. The maximum Gasteiger partial charge on any atom is 0.433 e. The second kappa shape index (κ2) is 4.48. The van der Waals surface area contributed by atoms with Gasteiger partial charge in [0.15, 0.2) is 5.69 Å². The fourth-order valence-corrected chi connectivity index (χ4v) is 2.07. The van der Waals surface area contributed by atoms with Crippen LogP contribution >= 0.6 is 0 Å². The van der Waals surface area contributed by atoms with Crippen LogP contribution in [0, 0.1) is 0 Å². The van der Waals surface area contributed by atoms with E-state index in [1.165, 1.54) is 0 Å². The van der Waals surface area contributed by atoms with Crippen LogP contribution in [0.25, 0.3) is 0 Å². The summed E-state index contributed by atoms with van der Waals surface area (Å²) in [5.41, 5.74) is 1.94. The molecular weight excluding hydrogens is 233 g/mol. The van der Waals surface area contributed by atoms with Crippen LogP contribution in [0.1, 0.15) is 36.2 Å². The third kappa shape index (κ3) is 2.49. The minimum absolute atomic E-state index is 0.169. The number of nitrogen functional groups attached to an aromatic ring is 1. The molecule has 0 radical (unpaired) electrons. The van der Waals surface area contributed by atoms with Gasteiger partial charge in [0.1, 0.15) is 0 Å². The minimum Gasteiger partial charge on any atom is -0.292 e. The van der Waals surface area contributed by atoms with E-state index in [9.17, 15) is 13.2 Å². The van der Waals surface area contributed by atoms with Gasteiger partial charge in [0.25, 0.3) is 0 Å². The molecule has 4 nitrogen and oxygen atoms in total. The first-order valence-corrected chi connectivity index (χ1v) is 5.46. The summed E-state index contributed by atoms with van der Waals surface area (Å²) in [6.07, 6.45) is -1.01. The summed E-state index contributed by atoms with van der Waals surface area (Å²) >= 11 is 0. The lowest BCUT2D eigenvalue weighted by Crippen LogP contribution is -2.19. The number of nitrogens with two attached hydrogens (primary N) is 1. The van der Waals surface area contributed by atoms with E-state index in [4.69, 9.17) is 5.84 Å². The Hall–Kier alpha value is -1.37. The number of rotatable bonds is 1. The maximum atomic E-state index is 12.9. The third-order valence-electron chi connectivity index (χ3n) is 2.83. The van der Waals surface area contributed by atoms with Gasteiger partial charge in [-0.2, -0.15) is 13.2 Å². The van der Waals surface area contributed by atoms with Gasteiger partial charge in [0.05, 0.1) is 0 Å². The van der Waals surface area contributed by atoms with E-state index in [0.717, 1.165) is 19.3 Å². The monoisotopic (exact) mass is 246 g/mol. The average molecular weight is 246 g/mol. The molecule has 1 aromatic heterocycles. The molecular formula is C10H13F3N4. The summed E-state index contributed by atoms with van der Waals surface area (Å²) < 4.78 is 38.6. The van der Waals surface area contributed by atoms with Gasteiger partial charge in [-0.1, -0.05) is 6.42 Å². The fourth-order valence-electron chi connectivity index (χ4n) is 2.07. The second-order valence-corrected chi connectivity index (χ2v) is 4.02. The van der Waals surface area contributed by atoms with Crippen molar-refractivity contribution in [2.24, 2.45) is 5.84 Å². The largest absolute Gasteiger partial charge is 0.433 e. The van der Waals surface area contributed by atoms with Crippen LogP contribution in [0.2, 0.25) is 0 Å². The molecule has 2 rings (SSSR count). The van der Waals surface area contributed by atoms with Crippen LogP contribution in [0.15, 0.2) is 0 Å². The first-order valence-electron chi connectivity index (χ1n) is 5.46. The molecule has 0 fully saturated rings. The van der Waals surface area contributed by atoms with E-state index in [2.05, 4.69) is 15.4 Å². The van der Waals surface area contributed by atoms with Crippen LogP contribution < -0.4 is 11.3 Å². The molecule has 0 saturated heterocycles. The molecule has 0 bridgehead atoms. The first kappa shape index (κ1) is 12.1. The highest BCUT2D eigenvalue weighted by molar-refractivity contribution is 5.36. The second-order valence-electron chi connectivity index (χ2n) is 4.02. The molecule has 1 aliphatic carbocycles. The smallest absolute Gasteiger partial charge is 0.292 e. The summed E-state index contributed by atoms with van der Waals surface area (Å²) in [5, 5.41) is 0. The van der Waals surface area contributed by atoms with Gasteiger partial charge in [-0.25, -0.2) is 15.8 Å². The molecule has 0 unspecified atom stereocenters. The van der Waals surface area contributed by atoms with Crippen LogP contribution in [-0.4, -0.2) is 9.97 Å². The number of alkyl halides is 3. The molecule has 0 amide bonds. The molecule has 1 aromatic rings. The number of nitrogens with one attached hydrogen (secondary N) is 1. The van der Waals surface area contributed by atoms with Crippen LogP contribution in [0.4, 0.5) is 19.1 Å². The topological polar surface area (TPSA) is 63.8 Å². The van der Waals surface area contributed by atoms with Crippen molar-refractivity contribution in [1.82, 2.24) is 9.97 Å². The Morgan fingerprint density at radius 1 is 1.06 bits per heavy atom. The van der Waals surface area contributed by atoms with Crippen LogP contribution in [0.3, 0.4) is 0 Å². The van der Waals surface area contributed by atoms with E-state index in [1.807, 2.05) is 0 Å². The van der Waals surface area contributed by atoms with Gasteiger partial charge in [-0.3, -0.25) is 5.43 Å². The van der Waals surface area contributed by atoms with Gasteiger partial charge < -0.3 is 0 Å². The lowest BCUT2D eigenvalue weighted by molar-refractivity contribution is -0.141. The fraction of sp³-hybridized carbons (Fsp3) is 0.600. The SMILES string of the molecule is NNc1nc2c(c(C(F)(F)F)n1)CCCCC2. The minimum atomic E-state index is -4.46. The Kier molecular flexibility index (Phi) is 3.19. The molecule has 7 heteroatoms. The van der Waals surface area contributed by atoms with Gasteiger partial charge in [0.2, 0.25) is 5.95 Å². The number of halogens is 3. The highest BCUT2D eigenvalue weighted by atomic mass is 19.4. The van der Waals surface area contributed by atoms with Crippen LogP contribution in [-0.2, 0) is 19.0 Å². The third-order valence-corrected chi connectivity index (χ3v) is 2.83. The zero-order chi connectivity index (χ0) is 12.5. The van der Waals surface area contributed by atoms with Crippen molar-refractivity contribution in [1.29, 1.82) is 0 Å². The van der Waals surface area contributed by atoms with Crippen molar-refractivity contribution < 1.29 is 13.2 Å². The van der Waals surface area contributed by atoms with Crippen molar-refractivity contribution in [3.8, 4) is 0 Å². The van der Waals surface area contributed by atoms with E-state index >= 15 is 0 Å². The molecule has 17 heavy (non-hydrogen) atoms. The quantitative estimate of drug-likeness (QED) is 0.452. The summed E-state index contributed by atoms with van der Waals surface area (Å²) in [7, 11) is 0. The number of aryl methyl sites for hydroxylation is 1. The summed E-state index contributed by atoms with van der Waals surface area (Å²) in [5.74, 6) is 4.92. The molecule has 1 aliphatic rings. The molecule has 0 saturated carbocycles. The lowest BCUT2D eigenvalue weighted by atomic mass is 10.1. The number of hydrogen-bond acceptors (Lipinski definition) is 4. The Morgan fingerprint density at radius 2 is 1.76 bits per heavy atom. The maximum absolute atomic E-state index is 12.9. The molecule has 0 spiro atoms.